The van der Waals surface area contributed by atoms with Crippen LogP contribution in [-0.4, -0.2) is 27.9 Å². The van der Waals surface area contributed by atoms with Crippen LogP contribution in [0, 0.1) is 11.8 Å². The van der Waals surface area contributed by atoms with E-state index in [2.05, 4.69) is 22.3 Å². The fourth-order valence-electron chi connectivity index (χ4n) is 2.08. The van der Waals surface area contributed by atoms with Gasteiger partial charge in [-0.15, -0.1) is 0 Å². The van der Waals surface area contributed by atoms with Gasteiger partial charge in [0.2, 0.25) is 0 Å². The summed E-state index contributed by atoms with van der Waals surface area (Å²) in [7, 11) is 3.98. The maximum Gasteiger partial charge on any atom is 0.138 e. The maximum absolute atomic E-state index is 4.25. The number of nitrogens with one attached hydrogen (secondary N) is 1. The van der Waals surface area contributed by atoms with Crippen molar-refractivity contribution in [2.45, 2.75) is 25.8 Å². The smallest absolute Gasteiger partial charge is 0.138 e. The summed E-state index contributed by atoms with van der Waals surface area (Å²) in [4.78, 5) is 4.25. The van der Waals surface area contributed by atoms with E-state index >= 15 is 0 Å². The lowest BCUT2D eigenvalue weighted by Gasteiger charge is -2.14. The van der Waals surface area contributed by atoms with Crippen molar-refractivity contribution in [2.24, 2.45) is 18.9 Å². The van der Waals surface area contributed by atoms with Gasteiger partial charge in [0.25, 0.3) is 0 Å². The summed E-state index contributed by atoms with van der Waals surface area (Å²) in [6, 6.07) is 0.563. The predicted molar refractivity (Wildman–Crippen MR) is 54.8 cm³/mol. The van der Waals surface area contributed by atoms with Crippen molar-refractivity contribution in [3.8, 4) is 0 Å². The lowest BCUT2D eigenvalue weighted by molar-refractivity contribution is 0.461. The van der Waals surface area contributed by atoms with Gasteiger partial charge < -0.3 is 5.32 Å². The third-order valence-corrected chi connectivity index (χ3v) is 3.27. The van der Waals surface area contributed by atoms with Crippen LogP contribution in [-0.2, 0) is 13.5 Å². The molecule has 1 aromatic rings. The third-order valence-electron chi connectivity index (χ3n) is 3.27. The first-order valence-corrected chi connectivity index (χ1v) is 5.22. The number of aromatic nitrogens is 3. The summed E-state index contributed by atoms with van der Waals surface area (Å²) in [6.07, 6.45) is 3.96. The molecule has 0 saturated heterocycles. The van der Waals surface area contributed by atoms with Crippen molar-refractivity contribution in [1.29, 1.82) is 0 Å². The zero-order valence-corrected chi connectivity index (χ0v) is 9.07. The van der Waals surface area contributed by atoms with Gasteiger partial charge in [-0.1, -0.05) is 6.92 Å². The fraction of sp³-hybridized carbons (Fsp3) is 0.800. The Balaban J connectivity index is 1.98. The molecule has 1 aliphatic carbocycles. The molecule has 1 aliphatic rings. The zero-order valence-electron chi connectivity index (χ0n) is 9.07. The quantitative estimate of drug-likeness (QED) is 0.763. The van der Waals surface area contributed by atoms with Gasteiger partial charge in [-0.05, 0) is 25.3 Å². The second-order valence-electron chi connectivity index (χ2n) is 4.28. The van der Waals surface area contributed by atoms with Crippen molar-refractivity contribution < 1.29 is 0 Å². The number of hydrogen-bond acceptors (Lipinski definition) is 3. The first kappa shape index (κ1) is 9.65. The van der Waals surface area contributed by atoms with E-state index in [9.17, 15) is 0 Å². The Labute approximate surface area is 84.7 Å². The second-order valence-corrected chi connectivity index (χ2v) is 4.28. The Morgan fingerprint density at radius 2 is 2.43 bits per heavy atom. The zero-order chi connectivity index (χ0) is 10.1. The standard InChI is InChI=1S/C10H18N4/c1-7-4-8(7)9(11-2)5-10-12-6-13-14(10)3/h6-9,11H,4-5H2,1-3H3. The van der Waals surface area contributed by atoms with Crippen LogP contribution in [0.4, 0.5) is 0 Å². The number of hydrogen-bond donors (Lipinski definition) is 1. The third kappa shape index (κ3) is 1.80. The highest BCUT2D eigenvalue weighted by Crippen LogP contribution is 2.41. The number of rotatable bonds is 4. The highest BCUT2D eigenvalue weighted by molar-refractivity contribution is 4.98. The highest BCUT2D eigenvalue weighted by Gasteiger charge is 2.39. The van der Waals surface area contributed by atoms with Crippen LogP contribution in [0.1, 0.15) is 19.2 Å². The molecule has 4 nitrogen and oxygen atoms in total. The molecule has 3 unspecified atom stereocenters. The van der Waals surface area contributed by atoms with Gasteiger partial charge in [0, 0.05) is 19.5 Å². The van der Waals surface area contributed by atoms with E-state index in [1.165, 1.54) is 6.42 Å². The molecule has 1 heterocycles. The summed E-state index contributed by atoms with van der Waals surface area (Å²) in [5, 5.41) is 7.46. The molecule has 0 aliphatic heterocycles. The van der Waals surface area contributed by atoms with Crippen molar-refractivity contribution >= 4 is 0 Å². The van der Waals surface area contributed by atoms with E-state index in [4.69, 9.17) is 0 Å². The molecule has 78 valence electrons. The summed E-state index contributed by atoms with van der Waals surface area (Å²) in [5.41, 5.74) is 0. The van der Waals surface area contributed by atoms with Gasteiger partial charge >= 0.3 is 0 Å². The highest BCUT2D eigenvalue weighted by atomic mass is 15.3. The number of likely N-dealkylation sites (N-methyl/N-ethyl adjacent to an activating group) is 1. The van der Waals surface area contributed by atoms with Crippen LogP contribution in [0.5, 0.6) is 0 Å². The van der Waals surface area contributed by atoms with Crippen molar-refractivity contribution in [3.63, 3.8) is 0 Å². The average molecular weight is 194 g/mol. The van der Waals surface area contributed by atoms with Gasteiger partial charge in [-0.25, -0.2) is 4.98 Å². The molecular formula is C10H18N4. The van der Waals surface area contributed by atoms with Crippen LogP contribution < -0.4 is 5.32 Å². The van der Waals surface area contributed by atoms with Crippen LogP contribution >= 0.6 is 0 Å². The lowest BCUT2D eigenvalue weighted by Crippen LogP contribution is -2.31. The van der Waals surface area contributed by atoms with E-state index in [0.29, 0.717) is 6.04 Å². The van der Waals surface area contributed by atoms with Crippen LogP contribution in [0.15, 0.2) is 6.33 Å². The Hall–Kier alpha value is -0.900. The minimum atomic E-state index is 0.563. The van der Waals surface area contributed by atoms with Crippen molar-refractivity contribution in [2.75, 3.05) is 7.05 Å². The SMILES string of the molecule is CNC(Cc1ncnn1C)C1CC1C. The fourth-order valence-corrected chi connectivity index (χ4v) is 2.08. The van der Waals surface area contributed by atoms with E-state index in [-0.39, 0.29) is 0 Å². The monoisotopic (exact) mass is 194 g/mol. The molecule has 0 bridgehead atoms. The number of nitrogens with zero attached hydrogens (tertiary/aromatic N) is 3. The first-order chi connectivity index (χ1) is 6.72. The predicted octanol–water partition coefficient (Wildman–Crippen LogP) is 0.602. The minimum Gasteiger partial charge on any atom is -0.316 e. The molecule has 1 aromatic heterocycles. The van der Waals surface area contributed by atoms with Crippen molar-refractivity contribution in [1.82, 2.24) is 20.1 Å². The Bertz CT molecular complexity index is 307. The molecule has 0 aromatic carbocycles. The first-order valence-electron chi connectivity index (χ1n) is 5.22. The van der Waals surface area contributed by atoms with Gasteiger partial charge in [-0.2, -0.15) is 5.10 Å². The topological polar surface area (TPSA) is 42.7 Å². The lowest BCUT2D eigenvalue weighted by atomic mass is 10.1. The molecule has 1 fully saturated rings. The van der Waals surface area contributed by atoms with Gasteiger partial charge in [0.15, 0.2) is 0 Å². The molecule has 4 heteroatoms. The summed E-state index contributed by atoms with van der Waals surface area (Å²) < 4.78 is 1.86. The van der Waals surface area contributed by atoms with Gasteiger partial charge in [0.05, 0.1) is 0 Å². The Morgan fingerprint density at radius 3 is 2.86 bits per heavy atom. The second kappa shape index (κ2) is 3.69. The summed E-state index contributed by atoms with van der Waals surface area (Å²) in [5.74, 6) is 2.78. The van der Waals surface area contributed by atoms with E-state index < -0.39 is 0 Å². The molecular weight excluding hydrogens is 176 g/mol. The van der Waals surface area contributed by atoms with E-state index in [1.807, 2.05) is 18.8 Å². The largest absolute Gasteiger partial charge is 0.316 e. The average Bonchev–Trinajstić information content (AvgIpc) is 2.74. The molecule has 1 saturated carbocycles. The Kier molecular flexibility index (Phi) is 2.54. The van der Waals surface area contributed by atoms with Crippen LogP contribution in [0.2, 0.25) is 0 Å². The van der Waals surface area contributed by atoms with Crippen molar-refractivity contribution in [3.05, 3.63) is 12.2 Å². The van der Waals surface area contributed by atoms with Gasteiger partial charge in [0.1, 0.15) is 12.2 Å². The molecule has 14 heavy (non-hydrogen) atoms. The summed E-state index contributed by atoms with van der Waals surface area (Å²) in [6.45, 7) is 2.31. The Morgan fingerprint density at radius 1 is 1.71 bits per heavy atom. The molecule has 0 spiro atoms. The van der Waals surface area contributed by atoms with Gasteiger partial charge in [-0.3, -0.25) is 4.68 Å². The molecule has 0 radical (unpaired) electrons. The normalized spacial score (nSPS) is 27.6. The number of aryl methyl sites for hydroxylation is 1. The van der Waals surface area contributed by atoms with E-state index in [1.54, 1.807) is 6.33 Å². The summed E-state index contributed by atoms with van der Waals surface area (Å²) >= 11 is 0. The minimum absolute atomic E-state index is 0.563. The molecule has 1 N–H and O–H groups in total. The van der Waals surface area contributed by atoms with Crippen LogP contribution in [0.3, 0.4) is 0 Å². The van der Waals surface area contributed by atoms with Crippen LogP contribution in [0.25, 0.3) is 0 Å². The maximum atomic E-state index is 4.25. The van der Waals surface area contributed by atoms with E-state index in [0.717, 1.165) is 24.1 Å². The molecule has 2 rings (SSSR count). The molecule has 0 amide bonds. The molecule has 3 atom stereocenters.